The van der Waals surface area contributed by atoms with E-state index < -0.39 is 0 Å². The molecular weight excluding hydrogens is 172 g/mol. The van der Waals surface area contributed by atoms with Crippen molar-refractivity contribution in [1.82, 2.24) is 10.6 Å². The SMILES string of the molecule is C#CCNCCNC1C(C)(C)C1(C)C. The fraction of sp³-hybridized carbons (Fsp3) is 0.833. The van der Waals surface area contributed by atoms with Crippen molar-refractivity contribution in [1.29, 1.82) is 0 Å². The Balaban J connectivity index is 2.14. The van der Waals surface area contributed by atoms with Crippen molar-refractivity contribution in [3.05, 3.63) is 0 Å². The molecular formula is C12H22N2. The molecule has 2 nitrogen and oxygen atoms in total. The van der Waals surface area contributed by atoms with Crippen molar-refractivity contribution in [3.63, 3.8) is 0 Å². The molecule has 0 atom stereocenters. The molecule has 1 rings (SSSR count). The predicted molar refractivity (Wildman–Crippen MR) is 61.1 cm³/mol. The van der Waals surface area contributed by atoms with Crippen molar-refractivity contribution >= 4 is 0 Å². The van der Waals surface area contributed by atoms with Crippen LogP contribution in [0.3, 0.4) is 0 Å². The van der Waals surface area contributed by atoms with Crippen molar-refractivity contribution in [2.24, 2.45) is 10.8 Å². The number of rotatable bonds is 5. The molecule has 1 fully saturated rings. The first-order chi connectivity index (χ1) is 6.44. The fourth-order valence-corrected chi connectivity index (χ4v) is 2.17. The summed E-state index contributed by atoms with van der Waals surface area (Å²) in [6, 6.07) is 0.641. The summed E-state index contributed by atoms with van der Waals surface area (Å²) in [7, 11) is 0. The van der Waals surface area contributed by atoms with Gasteiger partial charge in [0.2, 0.25) is 0 Å². The highest BCUT2D eigenvalue weighted by Crippen LogP contribution is 2.62. The first-order valence-corrected chi connectivity index (χ1v) is 5.32. The van der Waals surface area contributed by atoms with Crippen LogP contribution in [-0.4, -0.2) is 25.7 Å². The summed E-state index contributed by atoms with van der Waals surface area (Å²) in [6.45, 7) is 11.9. The van der Waals surface area contributed by atoms with Gasteiger partial charge in [-0.15, -0.1) is 6.42 Å². The minimum absolute atomic E-state index is 0.430. The number of hydrogen-bond donors (Lipinski definition) is 2. The van der Waals surface area contributed by atoms with Gasteiger partial charge in [-0.2, -0.15) is 0 Å². The molecule has 0 aliphatic heterocycles. The molecule has 0 unspecified atom stereocenters. The van der Waals surface area contributed by atoms with Gasteiger partial charge in [0.1, 0.15) is 0 Å². The number of nitrogens with one attached hydrogen (secondary N) is 2. The zero-order valence-corrected chi connectivity index (χ0v) is 9.78. The highest BCUT2D eigenvalue weighted by atomic mass is 15.1. The average Bonchev–Trinajstić information content (AvgIpc) is 2.46. The molecule has 1 aliphatic rings. The quantitative estimate of drug-likeness (QED) is 0.508. The molecule has 0 spiro atoms. The topological polar surface area (TPSA) is 24.1 Å². The zero-order chi connectivity index (χ0) is 10.8. The van der Waals surface area contributed by atoms with Gasteiger partial charge in [0, 0.05) is 19.1 Å². The standard InChI is InChI=1S/C12H22N2/c1-6-7-13-8-9-14-10-11(2,3)12(10,4)5/h1,10,13-14H,7-9H2,2-5H3. The van der Waals surface area contributed by atoms with Gasteiger partial charge in [-0.1, -0.05) is 33.6 Å². The van der Waals surface area contributed by atoms with E-state index in [1.165, 1.54) is 0 Å². The van der Waals surface area contributed by atoms with Crippen LogP contribution in [0, 0.1) is 23.2 Å². The van der Waals surface area contributed by atoms with E-state index in [1.807, 2.05) is 0 Å². The van der Waals surface area contributed by atoms with Gasteiger partial charge in [0.15, 0.2) is 0 Å². The van der Waals surface area contributed by atoms with Crippen LogP contribution < -0.4 is 10.6 Å². The van der Waals surface area contributed by atoms with Gasteiger partial charge in [-0.05, 0) is 10.8 Å². The molecule has 2 heteroatoms. The van der Waals surface area contributed by atoms with Gasteiger partial charge < -0.3 is 10.6 Å². The second-order valence-corrected chi connectivity index (χ2v) is 5.21. The fourth-order valence-electron chi connectivity index (χ4n) is 2.17. The molecule has 0 bridgehead atoms. The summed E-state index contributed by atoms with van der Waals surface area (Å²) in [5.41, 5.74) is 0.859. The van der Waals surface area contributed by atoms with Crippen molar-refractivity contribution in [3.8, 4) is 12.3 Å². The van der Waals surface area contributed by atoms with Crippen LogP contribution >= 0.6 is 0 Å². The molecule has 0 aromatic carbocycles. The van der Waals surface area contributed by atoms with Gasteiger partial charge in [0.25, 0.3) is 0 Å². The van der Waals surface area contributed by atoms with Crippen LogP contribution in [-0.2, 0) is 0 Å². The lowest BCUT2D eigenvalue weighted by Gasteiger charge is -2.05. The van der Waals surface area contributed by atoms with Gasteiger partial charge in [-0.3, -0.25) is 0 Å². The normalized spacial score (nSPS) is 23.1. The van der Waals surface area contributed by atoms with E-state index in [4.69, 9.17) is 6.42 Å². The van der Waals surface area contributed by atoms with Crippen LogP contribution in [0.1, 0.15) is 27.7 Å². The second-order valence-electron chi connectivity index (χ2n) is 5.21. The Morgan fingerprint density at radius 2 is 1.71 bits per heavy atom. The summed E-state index contributed by atoms with van der Waals surface area (Å²) >= 11 is 0. The van der Waals surface area contributed by atoms with E-state index in [0.29, 0.717) is 23.4 Å². The maximum absolute atomic E-state index is 5.14. The van der Waals surface area contributed by atoms with E-state index in [1.54, 1.807) is 0 Å². The molecule has 80 valence electrons. The predicted octanol–water partition coefficient (Wildman–Crippen LogP) is 1.23. The minimum Gasteiger partial charge on any atom is -0.312 e. The lowest BCUT2D eigenvalue weighted by molar-refractivity contribution is 0.457. The summed E-state index contributed by atoms with van der Waals surface area (Å²) in [6.07, 6.45) is 5.14. The van der Waals surface area contributed by atoms with Crippen molar-refractivity contribution < 1.29 is 0 Å². The van der Waals surface area contributed by atoms with Crippen LogP contribution in [0.15, 0.2) is 0 Å². The van der Waals surface area contributed by atoms with E-state index in [0.717, 1.165) is 13.1 Å². The van der Waals surface area contributed by atoms with Gasteiger partial charge in [-0.25, -0.2) is 0 Å². The van der Waals surface area contributed by atoms with Crippen LogP contribution in [0.5, 0.6) is 0 Å². The highest BCUT2D eigenvalue weighted by molar-refractivity contribution is 5.17. The van der Waals surface area contributed by atoms with Crippen LogP contribution in [0.25, 0.3) is 0 Å². The monoisotopic (exact) mass is 194 g/mol. The molecule has 0 saturated heterocycles. The Kier molecular flexibility index (Phi) is 3.24. The molecule has 0 aromatic heterocycles. The molecule has 14 heavy (non-hydrogen) atoms. The van der Waals surface area contributed by atoms with E-state index in [-0.39, 0.29) is 0 Å². The molecule has 1 saturated carbocycles. The Bertz CT molecular complexity index is 221. The van der Waals surface area contributed by atoms with E-state index in [9.17, 15) is 0 Å². The van der Waals surface area contributed by atoms with Gasteiger partial charge in [0.05, 0.1) is 6.54 Å². The Hall–Kier alpha value is -0.520. The Morgan fingerprint density at radius 3 is 2.14 bits per heavy atom. The third-order valence-electron chi connectivity index (χ3n) is 3.90. The van der Waals surface area contributed by atoms with Crippen LogP contribution in [0.2, 0.25) is 0 Å². The summed E-state index contributed by atoms with van der Waals surface area (Å²) < 4.78 is 0. The lowest BCUT2D eigenvalue weighted by atomic mass is 10.0. The maximum Gasteiger partial charge on any atom is 0.0574 e. The van der Waals surface area contributed by atoms with Crippen molar-refractivity contribution in [2.45, 2.75) is 33.7 Å². The molecule has 0 heterocycles. The Morgan fingerprint density at radius 1 is 1.14 bits per heavy atom. The van der Waals surface area contributed by atoms with Gasteiger partial charge >= 0.3 is 0 Å². The summed E-state index contributed by atoms with van der Waals surface area (Å²) in [5.74, 6) is 2.57. The average molecular weight is 194 g/mol. The molecule has 2 N–H and O–H groups in total. The third-order valence-corrected chi connectivity index (χ3v) is 3.90. The molecule has 0 amide bonds. The smallest absolute Gasteiger partial charge is 0.0574 e. The molecule has 0 radical (unpaired) electrons. The highest BCUT2D eigenvalue weighted by Gasteiger charge is 2.64. The molecule has 0 aromatic rings. The largest absolute Gasteiger partial charge is 0.312 e. The maximum atomic E-state index is 5.14. The van der Waals surface area contributed by atoms with E-state index in [2.05, 4.69) is 44.2 Å². The minimum atomic E-state index is 0.430. The molecule has 1 aliphatic carbocycles. The number of terminal acetylenes is 1. The number of hydrogen-bond acceptors (Lipinski definition) is 2. The summed E-state index contributed by atoms with van der Waals surface area (Å²) in [4.78, 5) is 0. The van der Waals surface area contributed by atoms with Crippen LogP contribution in [0.4, 0.5) is 0 Å². The second kappa shape index (κ2) is 3.92. The first kappa shape index (κ1) is 11.6. The third kappa shape index (κ3) is 1.94. The van der Waals surface area contributed by atoms with E-state index >= 15 is 0 Å². The lowest BCUT2D eigenvalue weighted by Crippen LogP contribution is -2.31. The first-order valence-electron chi connectivity index (χ1n) is 5.32. The summed E-state index contributed by atoms with van der Waals surface area (Å²) in [5, 5.41) is 6.74. The Labute approximate surface area is 87.8 Å². The zero-order valence-electron chi connectivity index (χ0n) is 9.78. The van der Waals surface area contributed by atoms with Crippen molar-refractivity contribution in [2.75, 3.05) is 19.6 Å².